The van der Waals surface area contributed by atoms with Gasteiger partial charge in [0, 0.05) is 58.5 Å². The van der Waals surface area contributed by atoms with Crippen molar-refractivity contribution >= 4 is 29.2 Å². The first kappa shape index (κ1) is 64.8. The zero-order chi connectivity index (χ0) is 58.7. The second-order valence-electron chi connectivity index (χ2n) is 23.5. The fourth-order valence-corrected chi connectivity index (χ4v) is 12.3. The molecule has 2 bridgehead atoms. The largest absolute Gasteiger partial charge is 0.460 e. The summed E-state index contributed by atoms with van der Waals surface area (Å²) < 4.78 is 37.4. The predicted molar refractivity (Wildman–Crippen MR) is 291 cm³/mol. The highest BCUT2D eigenvalue weighted by Gasteiger charge is 2.53. The van der Waals surface area contributed by atoms with Crippen molar-refractivity contribution in [3.63, 3.8) is 0 Å². The molecule has 1 saturated carbocycles. The van der Waals surface area contributed by atoms with Gasteiger partial charge in [0.05, 0.1) is 37.2 Å². The maximum atomic E-state index is 14.7. The number of Topliss-reactive ketones (excluding diaryl/α,β-unsaturated/α-hetero) is 3. The Morgan fingerprint density at radius 1 is 0.838 bits per heavy atom. The Bertz CT molecular complexity index is 2390. The van der Waals surface area contributed by atoms with Crippen molar-refractivity contribution in [1.82, 2.24) is 19.9 Å². The second-order valence-corrected chi connectivity index (χ2v) is 23.5. The first-order valence-electron chi connectivity index (χ1n) is 28.7. The number of ether oxygens (including phenoxy) is 6. The Kier molecular flexibility index (Phi) is 23.7. The molecule has 1 amide bonds. The molecule has 1 aliphatic carbocycles. The van der Waals surface area contributed by atoms with E-state index in [9.17, 15) is 54.6 Å². The van der Waals surface area contributed by atoms with Crippen LogP contribution in [0, 0.1) is 35.5 Å². The van der Waals surface area contributed by atoms with Crippen molar-refractivity contribution in [2.24, 2.45) is 35.5 Å². The van der Waals surface area contributed by atoms with E-state index in [1.54, 1.807) is 58.9 Å². The van der Waals surface area contributed by atoms with Crippen LogP contribution in [0.25, 0.3) is 0 Å². The van der Waals surface area contributed by atoms with Crippen molar-refractivity contribution in [1.29, 1.82) is 0 Å². The molecule has 2 unspecified atom stereocenters. The SMILES string of the molecule is COC1C[C@@H]2CC[C@@H](C)[C@@](O)(O2)C(=O)C(=O)N2CCCC[C@H]2C(=O)O[C@H]([C@H](C)C[C@@H]2CC[C@H](n3cc([C@@H]4O[C@H](CO)[C@H](O)[C@H](O)[C@H]4O)nn3)[C@H](OC)C2)CC(=O)[C@H](C)/C=C(\C)[C@@H](O)C(OC)C(=O)[C@H](C)C[C@H](C)/C=C/C=C/C=C/1C. The van der Waals surface area contributed by atoms with Crippen LogP contribution in [-0.2, 0) is 52.4 Å². The molecule has 4 aliphatic heterocycles. The maximum absolute atomic E-state index is 14.7. The van der Waals surface area contributed by atoms with E-state index in [2.05, 4.69) is 10.3 Å². The third-order valence-electron chi connectivity index (χ3n) is 17.5. The number of amides is 1. The number of aliphatic hydroxyl groups excluding tert-OH is 5. The number of hydrogen-bond donors (Lipinski definition) is 6. The second kappa shape index (κ2) is 29.2. The van der Waals surface area contributed by atoms with E-state index in [-0.39, 0.29) is 60.9 Å². The van der Waals surface area contributed by atoms with Gasteiger partial charge in [0.25, 0.3) is 11.7 Å². The zero-order valence-electron chi connectivity index (χ0n) is 48.4. The van der Waals surface area contributed by atoms with Crippen LogP contribution in [0.2, 0.25) is 0 Å². The van der Waals surface area contributed by atoms with E-state index < -0.39 is 127 Å². The third kappa shape index (κ3) is 15.4. The number of allylic oxidation sites excluding steroid dienone is 6. The lowest BCUT2D eigenvalue weighted by Gasteiger charge is -2.42. The minimum atomic E-state index is -2.48. The molecule has 5 heterocycles. The van der Waals surface area contributed by atoms with Crippen LogP contribution < -0.4 is 0 Å². The van der Waals surface area contributed by atoms with Gasteiger partial charge >= 0.3 is 5.97 Å². The number of piperidine rings is 1. The van der Waals surface area contributed by atoms with E-state index >= 15 is 0 Å². The van der Waals surface area contributed by atoms with Crippen LogP contribution >= 0.6 is 0 Å². The van der Waals surface area contributed by atoms with Crippen molar-refractivity contribution in [2.75, 3.05) is 34.5 Å². The Hall–Kier alpha value is -4.39. The molecule has 1 aromatic heterocycles. The molecule has 5 aliphatic rings. The number of carbonyl (C=O) groups is 5. The summed E-state index contributed by atoms with van der Waals surface area (Å²) in [7, 11) is 4.50. The zero-order valence-corrected chi connectivity index (χ0v) is 48.4. The van der Waals surface area contributed by atoms with Gasteiger partial charge in [-0.25, -0.2) is 9.48 Å². The van der Waals surface area contributed by atoms with Gasteiger partial charge in [0.2, 0.25) is 5.79 Å². The normalized spacial score (nSPS) is 40.9. The molecule has 21 heteroatoms. The fraction of sp³-hybridized carbons (Fsp3) is 0.746. The average Bonchev–Trinajstić information content (AvgIpc) is 3.95. The van der Waals surface area contributed by atoms with Crippen LogP contribution in [0.4, 0.5) is 0 Å². The smallest absolute Gasteiger partial charge is 0.329 e. The molecule has 0 radical (unpaired) electrons. The van der Waals surface area contributed by atoms with Crippen molar-refractivity contribution in [3.05, 3.63) is 59.5 Å². The summed E-state index contributed by atoms with van der Waals surface area (Å²) in [6.45, 7) is 12.0. The van der Waals surface area contributed by atoms with Gasteiger partial charge in [-0.1, -0.05) is 76.3 Å². The summed E-state index contributed by atoms with van der Waals surface area (Å²) >= 11 is 0. The number of fused-ring (bicyclic) bond motifs is 3. The molecule has 3 saturated heterocycles. The van der Waals surface area contributed by atoms with E-state index in [1.165, 1.54) is 12.0 Å². The first-order valence-corrected chi connectivity index (χ1v) is 28.7. The molecule has 1 aromatic rings. The van der Waals surface area contributed by atoms with Crippen LogP contribution in [-0.4, -0.2) is 187 Å². The Balaban J connectivity index is 1.27. The van der Waals surface area contributed by atoms with Gasteiger partial charge in [-0.3, -0.25) is 19.2 Å². The quantitative estimate of drug-likeness (QED) is 0.115. The Labute approximate surface area is 470 Å². The van der Waals surface area contributed by atoms with Gasteiger partial charge in [0.15, 0.2) is 5.78 Å². The Morgan fingerprint density at radius 3 is 2.26 bits per heavy atom. The molecule has 6 N–H and O–H groups in total. The average molecular weight is 1130 g/mol. The van der Waals surface area contributed by atoms with Crippen LogP contribution in [0.1, 0.15) is 143 Å². The highest BCUT2D eigenvalue weighted by molar-refractivity contribution is 6.39. The Morgan fingerprint density at radius 2 is 1.57 bits per heavy atom. The number of cyclic esters (lactones) is 1. The number of esters is 1. The molecule has 80 heavy (non-hydrogen) atoms. The number of hydrogen-bond acceptors (Lipinski definition) is 19. The number of nitrogens with zero attached hydrogens (tertiary/aromatic N) is 4. The number of carbonyl (C=O) groups excluding carboxylic acids is 5. The summed E-state index contributed by atoms with van der Waals surface area (Å²) in [5, 5.41) is 73.4. The molecule has 0 aromatic carbocycles. The van der Waals surface area contributed by atoms with E-state index in [1.807, 2.05) is 51.2 Å². The molecular formula is C59H90N4O17. The van der Waals surface area contributed by atoms with Crippen LogP contribution in [0.5, 0.6) is 0 Å². The van der Waals surface area contributed by atoms with Gasteiger partial charge < -0.3 is 64.0 Å². The summed E-state index contributed by atoms with van der Waals surface area (Å²) in [5.74, 6) is -8.62. The fourth-order valence-electron chi connectivity index (χ4n) is 12.3. The number of methoxy groups -OCH3 is 3. The van der Waals surface area contributed by atoms with Gasteiger partial charge in [-0.05, 0) is 107 Å². The highest BCUT2D eigenvalue weighted by Crippen LogP contribution is 2.41. The third-order valence-corrected chi connectivity index (χ3v) is 17.5. The predicted octanol–water partition coefficient (Wildman–Crippen LogP) is 4.17. The molecule has 20 atom stereocenters. The van der Waals surface area contributed by atoms with E-state index in [4.69, 9.17) is 28.4 Å². The van der Waals surface area contributed by atoms with Crippen LogP contribution in [0.15, 0.2) is 53.8 Å². The van der Waals surface area contributed by atoms with E-state index in [0.29, 0.717) is 63.4 Å². The summed E-state index contributed by atoms with van der Waals surface area (Å²) in [6.07, 6.45) is 5.44. The number of rotatable bonds is 9. The van der Waals surface area contributed by atoms with Gasteiger partial charge in [-0.15, -0.1) is 5.10 Å². The van der Waals surface area contributed by atoms with Gasteiger partial charge in [0.1, 0.15) is 66.4 Å². The van der Waals surface area contributed by atoms with Crippen molar-refractivity contribution in [3.8, 4) is 0 Å². The maximum Gasteiger partial charge on any atom is 0.329 e. The van der Waals surface area contributed by atoms with Gasteiger partial charge in [-0.2, -0.15) is 0 Å². The molecule has 6 rings (SSSR count). The van der Waals surface area contributed by atoms with Crippen molar-refractivity contribution in [2.45, 2.75) is 211 Å². The van der Waals surface area contributed by atoms with E-state index in [0.717, 1.165) is 5.57 Å². The standard InChI is InChI=1S/C59H90N4O17/c1-32-16-12-11-13-17-33(2)45(75-8)28-40-21-19-38(7)59(74,80-40)56(71)57(72)62-23-15-14-18-43(62)58(73)79-46(29-44(65)34(3)25-37(6)50(67)55(77-10)49(66)36(5)24-32)35(4)26-39-20-22-42(47(27-39)76-9)63-30-41(60-61-63)54-53(70)52(69)51(68)48(31-64)78-54/h11-13,16-17,25,30,32,34-36,38-40,42-43,45-48,50-55,64,67-70,74H,14-15,18-24,26-29,31H2,1-10H3/b13-11+,16-12+,33-17+,37-25+/t32-,34-,35-,36-,38-,39+,40+,42+,43+,45?,46+,47-,48-,50-,51+,52+,53-,54+,55?,59-/m1/s1. The number of aliphatic hydroxyl groups is 6. The minimum absolute atomic E-state index is 0.00829. The lowest BCUT2D eigenvalue weighted by molar-refractivity contribution is -0.265. The highest BCUT2D eigenvalue weighted by atomic mass is 16.6. The topological polar surface area (TPSA) is 296 Å². The lowest BCUT2D eigenvalue weighted by Crippen LogP contribution is -2.61. The molecule has 448 valence electrons. The van der Waals surface area contributed by atoms with Crippen LogP contribution in [0.3, 0.4) is 0 Å². The molecule has 21 nitrogen and oxygen atoms in total. The molecule has 0 spiro atoms. The van der Waals surface area contributed by atoms with Crippen molar-refractivity contribution < 1.29 is 83.0 Å². The minimum Gasteiger partial charge on any atom is -0.460 e. The lowest BCUT2D eigenvalue weighted by atomic mass is 9.77. The summed E-state index contributed by atoms with van der Waals surface area (Å²) in [5.41, 5.74) is 1.40. The molecule has 4 fully saturated rings. The molecular weight excluding hydrogens is 1040 g/mol. The monoisotopic (exact) mass is 1130 g/mol. The first-order chi connectivity index (χ1) is 38.0. The number of aromatic nitrogens is 3. The summed E-state index contributed by atoms with van der Waals surface area (Å²) in [6, 6.07) is -1.52. The number of ketones is 3. The summed E-state index contributed by atoms with van der Waals surface area (Å²) in [4.78, 5) is 72.9.